The number of rotatable bonds is 9. The summed E-state index contributed by atoms with van der Waals surface area (Å²) in [4.78, 5) is 0. The number of para-hydroxylation sites is 2. The molecule has 176 valence electrons. The molecule has 0 heterocycles. The molecular weight excluding hydrogens is 449 g/mol. The third-order valence-corrected chi connectivity index (χ3v) is 12.9. The van der Waals surface area contributed by atoms with Gasteiger partial charge in [0.15, 0.2) is 14.0 Å². The predicted molar refractivity (Wildman–Crippen MR) is 135 cm³/mol. The average Bonchev–Trinajstić information content (AvgIpc) is 3.18. The van der Waals surface area contributed by atoms with Gasteiger partial charge < -0.3 is 13.5 Å². The Morgan fingerprint density at radius 2 is 1.55 bits per heavy atom. The molecule has 2 unspecified atom stereocenters. The first-order valence-electron chi connectivity index (χ1n) is 11.4. The van der Waals surface area contributed by atoms with Crippen LogP contribution in [-0.2, 0) is 8.99 Å². The zero-order valence-corrected chi connectivity index (χ0v) is 22.0. The summed E-state index contributed by atoms with van der Waals surface area (Å²) in [6.45, 7) is 11.1. The molecule has 0 saturated carbocycles. The molecule has 1 aliphatic carbocycles. The average molecular weight is 484 g/mol. The molecule has 2 aromatic rings. The van der Waals surface area contributed by atoms with Crippen LogP contribution in [0.15, 0.2) is 72.3 Å². The molecule has 0 bridgehead atoms. The second-order valence-electron chi connectivity index (χ2n) is 9.92. The van der Waals surface area contributed by atoms with Crippen LogP contribution >= 0.6 is 7.60 Å². The Labute approximate surface area is 199 Å². The summed E-state index contributed by atoms with van der Waals surface area (Å²) in [5.74, 6) is 0.818. The van der Waals surface area contributed by atoms with Crippen LogP contribution in [0.2, 0.25) is 18.1 Å². The molecular formula is C26H34NO4PSi. The molecule has 7 heteroatoms. The van der Waals surface area contributed by atoms with Gasteiger partial charge in [0, 0.05) is 6.42 Å². The fourth-order valence-electron chi connectivity index (χ4n) is 3.47. The minimum Gasteiger partial charge on any atom is -0.415 e. The van der Waals surface area contributed by atoms with Gasteiger partial charge in [0.2, 0.25) is 0 Å². The summed E-state index contributed by atoms with van der Waals surface area (Å²) >= 11 is 0. The molecule has 3 rings (SSSR count). The maximum Gasteiger partial charge on any atom is 0.448 e. The first kappa shape index (κ1) is 25.3. The van der Waals surface area contributed by atoms with Crippen molar-refractivity contribution in [1.29, 1.82) is 5.26 Å². The predicted octanol–water partition coefficient (Wildman–Crippen LogP) is 7.73. The summed E-state index contributed by atoms with van der Waals surface area (Å²) in [6, 6.07) is 20.0. The molecule has 2 aromatic carbocycles. The van der Waals surface area contributed by atoms with Crippen molar-refractivity contribution >= 4 is 15.9 Å². The molecule has 0 fully saturated rings. The molecule has 33 heavy (non-hydrogen) atoms. The first-order chi connectivity index (χ1) is 15.5. The summed E-state index contributed by atoms with van der Waals surface area (Å²) in [6.07, 6.45) is 4.10. The normalized spacial score (nSPS) is 17.7. The molecule has 0 aromatic heterocycles. The summed E-state index contributed by atoms with van der Waals surface area (Å²) in [5, 5.41) is 10.2. The molecule has 0 radical (unpaired) electrons. The standard InChI is InChI=1S/C26H34NO4PSi/c1-26(2,3)33(4,5)31-25-18-12-13-21(25)19-24(20-27)32(28,29-22-14-8-6-9-15-22)30-23-16-10-7-11-17-23/h6-11,13-17,24-25H,12,18-19H2,1-5H3. The van der Waals surface area contributed by atoms with E-state index < -0.39 is 21.6 Å². The lowest BCUT2D eigenvalue weighted by atomic mass is 10.1. The number of nitrogens with zero attached hydrogens (tertiary/aromatic N) is 1. The molecule has 1 aliphatic rings. The van der Waals surface area contributed by atoms with Crippen molar-refractivity contribution in [1.82, 2.24) is 0 Å². The Morgan fingerprint density at radius 1 is 1.03 bits per heavy atom. The van der Waals surface area contributed by atoms with E-state index in [1.807, 2.05) is 12.1 Å². The quantitative estimate of drug-likeness (QED) is 0.207. The third kappa shape index (κ3) is 6.38. The highest BCUT2D eigenvalue weighted by Gasteiger charge is 2.44. The number of allylic oxidation sites excluding steroid dienone is 1. The van der Waals surface area contributed by atoms with Crippen LogP contribution in [0.25, 0.3) is 0 Å². The summed E-state index contributed by atoms with van der Waals surface area (Å²) < 4.78 is 32.6. The van der Waals surface area contributed by atoms with Crippen LogP contribution in [0.1, 0.15) is 40.0 Å². The van der Waals surface area contributed by atoms with Gasteiger partial charge in [0.25, 0.3) is 0 Å². The Morgan fingerprint density at radius 3 is 2.00 bits per heavy atom. The van der Waals surface area contributed by atoms with E-state index >= 15 is 0 Å². The lowest BCUT2D eigenvalue weighted by molar-refractivity contribution is 0.210. The fourth-order valence-corrected chi connectivity index (χ4v) is 6.51. The molecule has 0 aliphatic heterocycles. The molecule has 0 saturated heterocycles. The smallest absolute Gasteiger partial charge is 0.415 e. The van der Waals surface area contributed by atoms with Crippen molar-refractivity contribution < 1.29 is 18.0 Å². The maximum absolute atomic E-state index is 14.1. The highest BCUT2D eigenvalue weighted by molar-refractivity contribution is 7.55. The summed E-state index contributed by atoms with van der Waals surface area (Å²) in [5.41, 5.74) is 0.0488. The lowest BCUT2D eigenvalue weighted by Crippen LogP contribution is -2.44. The van der Waals surface area contributed by atoms with Crippen molar-refractivity contribution in [3.8, 4) is 17.6 Å². The Balaban J connectivity index is 1.86. The first-order valence-corrected chi connectivity index (χ1v) is 15.9. The number of hydrogen-bond acceptors (Lipinski definition) is 5. The van der Waals surface area contributed by atoms with E-state index in [-0.39, 0.29) is 17.6 Å². The van der Waals surface area contributed by atoms with E-state index in [1.54, 1.807) is 48.5 Å². The van der Waals surface area contributed by atoms with Crippen LogP contribution in [-0.4, -0.2) is 20.1 Å². The lowest BCUT2D eigenvalue weighted by Gasteiger charge is -2.39. The van der Waals surface area contributed by atoms with Gasteiger partial charge in [-0.2, -0.15) is 5.26 Å². The summed E-state index contributed by atoms with van der Waals surface area (Å²) in [7, 11) is -5.88. The minimum atomic E-state index is -3.88. The fraction of sp³-hybridized carbons (Fsp3) is 0.423. The SMILES string of the molecule is CC(C)(C)[Si](C)(C)OC1CCC=C1CC(C#N)P(=O)(Oc1ccccc1)Oc1ccccc1. The van der Waals surface area contributed by atoms with Crippen LogP contribution in [0.3, 0.4) is 0 Å². The highest BCUT2D eigenvalue weighted by Crippen LogP contribution is 2.55. The van der Waals surface area contributed by atoms with Crippen molar-refractivity contribution in [2.24, 2.45) is 0 Å². The molecule has 0 amide bonds. The highest BCUT2D eigenvalue weighted by atomic mass is 31.2. The van der Waals surface area contributed by atoms with Gasteiger partial charge in [-0.05, 0) is 60.8 Å². The Kier molecular flexibility index (Phi) is 7.90. The number of hydrogen-bond donors (Lipinski definition) is 0. The van der Waals surface area contributed by atoms with Crippen molar-refractivity contribution in [2.45, 2.75) is 69.9 Å². The van der Waals surface area contributed by atoms with Crippen molar-refractivity contribution in [3.05, 3.63) is 72.3 Å². The van der Waals surface area contributed by atoms with Crippen LogP contribution < -0.4 is 9.05 Å². The van der Waals surface area contributed by atoms with E-state index in [9.17, 15) is 9.83 Å². The molecule has 0 N–H and O–H groups in total. The van der Waals surface area contributed by atoms with Crippen LogP contribution in [0.5, 0.6) is 11.5 Å². The number of nitriles is 1. The van der Waals surface area contributed by atoms with Crippen LogP contribution in [0, 0.1) is 11.3 Å². The van der Waals surface area contributed by atoms with Gasteiger partial charge >= 0.3 is 7.60 Å². The van der Waals surface area contributed by atoms with E-state index in [0.717, 1.165) is 18.4 Å². The second kappa shape index (κ2) is 10.3. The van der Waals surface area contributed by atoms with Gasteiger partial charge in [0.1, 0.15) is 11.5 Å². The zero-order valence-electron chi connectivity index (χ0n) is 20.2. The Hall–Kier alpha value is -2.32. The maximum atomic E-state index is 14.1. The third-order valence-electron chi connectivity index (χ3n) is 6.40. The molecule has 5 nitrogen and oxygen atoms in total. The van der Waals surface area contributed by atoms with E-state index in [4.69, 9.17) is 13.5 Å². The second-order valence-corrected chi connectivity index (χ2v) is 16.7. The van der Waals surface area contributed by atoms with Gasteiger partial charge in [-0.1, -0.05) is 63.2 Å². The zero-order chi connectivity index (χ0) is 24.1. The van der Waals surface area contributed by atoms with Crippen molar-refractivity contribution in [3.63, 3.8) is 0 Å². The van der Waals surface area contributed by atoms with E-state index in [1.165, 1.54) is 0 Å². The minimum absolute atomic E-state index is 0.0661. The topological polar surface area (TPSA) is 68.5 Å². The van der Waals surface area contributed by atoms with Gasteiger partial charge in [-0.3, -0.25) is 0 Å². The van der Waals surface area contributed by atoms with Gasteiger partial charge in [-0.25, -0.2) is 4.57 Å². The monoisotopic (exact) mass is 483 g/mol. The van der Waals surface area contributed by atoms with Gasteiger partial charge in [-0.15, -0.1) is 0 Å². The van der Waals surface area contributed by atoms with Crippen LogP contribution in [0.4, 0.5) is 0 Å². The van der Waals surface area contributed by atoms with Crippen molar-refractivity contribution in [2.75, 3.05) is 0 Å². The van der Waals surface area contributed by atoms with Gasteiger partial charge in [0.05, 0.1) is 12.2 Å². The van der Waals surface area contributed by atoms with E-state index in [2.05, 4.69) is 46.0 Å². The van der Waals surface area contributed by atoms with E-state index in [0.29, 0.717) is 11.5 Å². The Bertz CT molecular complexity index is 996. The molecule has 0 spiro atoms. The largest absolute Gasteiger partial charge is 0.448 e. The number of benzene rings is 2. The molecule has 2 atom stereocenters.